The molecule has 5 heterocycles. The van der Waals surface area contributed by atoms with E-state index in [1.54, 1.807) is 0 Å². The number of para-hydroxylation sites is 3. The van der Waals surface area contributed by atoms with Crippen LogP contribution < -0.4 is 36.4 Å². The van der Waals surface area contributed by atoms with Gasteiger partial charge in [-0.1, -0.05) is 254 Å². The number of hydrogen-bond donors (Lipinski definition) is 0. The van der Waals surface area contributed by atoms with Crippen LogP contribution in [0.25, 0.3) is 94.3 Å². The van der Waals surface area contributed by atoms with Gasteiger partial charge in [0.2, 0.25) is 0 Å². The van der Waals surface area contributed by atoms with Gasteiger partial charge in [-0.15, -0.1) is 0 Å². The highest BCUT2D eigenvalue weighted by Gasteiger charge is 2.52. The Hall–Kier alpha value is -11.2. The van der Waals surface area contributed by atoms with Crippen molar-refractivity contribution < 1.29 is 0 Å². The fourth-order valence-corrected chi connectivity index (χ4v) is 16.6. The summed E-state index contributed by atoms with van der Waals surface area (Å²) in [5.74, 6) is 0. The van der Waals surface area contributed by atoms with Gasteiger partial charge in [0.1, 0.15) is 0 Å². The van der Waals surface area contributed by atoms with E-state index in [0.717, 1.165) is 34.1 Å². The lowest BCUT2D eigenvalue weighted by Crippen LogP contribution is -2.74. The van der Waals surface area contributed by atoms with Crippen molar-refractivity contribution in [3.63, 3.8) is 0 Å². The van der Waals surface area contributed by atoms with E-state index in [0.29, 0.717) is 0 Å². The zero-order chi connectivity index (χ0) is 59.7. The van der Waals surface area contributed by atoms with Gasteiger partial charge >= 0.3 is 13.7 Å². The maximum absolute atomic E-state index is 2.86. The van der Waals surface area contributed by atoms with Crippen molar-refractivity contribution >= 4 is 109 Å². The van der Waals surface area contributed by atoms with Gasteiger partial charge < -0.3 is 19.1 Å². The molecular weight excluding hydrogens is 1120 g/mol. The molecule has 0 atom stereocenters. The van der Waals surface area contributed by atoms with Crippen LogP contribution in [0.15, 0.2) is 337 Å². The highest BCUT2D eigenvalue weighted by Crippen LogP contribution is 2.53. The van der Waals surface area contributed by atoms with Crippen LogP contribution in [0.1, 0.15) is 0 Å². The summed E-state index contributed by atoms with van der Waals surface area (Å²) < 4.78 is 5.47. The van der Waals surface area contributed by atoms with Gasteiger partial charge in [-0.25, -0.2) is 0 Å². The monoisotopic (exact) mass is 1170 g/mol. The second-order valence-electron chi connectivity index (χ2n) is 24.3. The van der Waals surface area contributed by atoms with Crippen molar-refractivity contribution in [1.82, 2.24) is 4.57 Å². The molecule has 0 saturated carbocycles. The maximum Gasteiger partial charge on any atom is 0.316 e. The molecule has 0 fully saturated rings. The van der Waals surface area contributed by atoms with Crippen molar-refractivity contribution in [1.29, 1.82) is 0 Å². The molecular formula is C84H54B2N4S. The minimum Gasteiger partial charge on any atom is -0.444 e. The first-order chi connectivity index (χ1) is 45.1. The summed E-state index contributed by atoms with van der Waals surface area (Å²) in [6.07, 6.45) is 0. The average Bonchev–Trinajstić information content (AvgIpc) is 1.66. The van der Waals surface area contributed by atoms with Gasteiger partial charge in [0.25, 0.3) is 0 Å². The Kier molecular flexibility index (Phi) is 11.8. The highest BCUT2D eigenvalue weighted by molar-refractivity contribution is 8.00. The lowest BCUT2D eigenvalue weighted by atomic mass is 9.33. The van der Waals surface area contributed by atoms with Crippen LogP contribution >= 0.6 is 11.8 Å². The molecule has 0 spiro atoms. The zero-order valence-corrected chi connectivity index (χ0v) is 50.3. The molecule has 0 amide bonds. The first kappa shape index (κ1) is 51.8. The minimum atomic E-state index is -0.137. The van der Waals surface area contributed by atoms with E-state index in [1.165, 1.54) is 132 Å². The van der Waals surface area contributed by atoms with Crippen LogP contribution in [0.3, 0.4) is 0 Å². The van der Waals surface area contributed by atoms with Crippen LogP contribution in [0.2, 0.25) is 0 Å². The van der Waals surface area contributed by atoms with E-state index in [4.69, 9.17) is 0 Å². The summed E-state index contributed by atoms with van der Waals surface area (Å²) in [7, 11) is 0. The van der Waals surface area contributed by atoms with Gasteiger partial charge in [-0.3, -0.25) is 0 Å². The number of anilines is 7. The third kappa shape index (κ3) is 8.14. The lowest BCUT2D eigenvalue weighted by molar-refractivity contribution is 1.17. The van der Waals surface area contributed by atoms with Gasteiger partial charge in [0.15, 0.2) is 0 Å². The fraction of sp³-hybridized carbons (Fsp3) is 0. The molecule has 15 aromatic rings. The molecule has 4 aliphatic heterocycles. The van der Waals surface area contributed by atoms with Gasteiger partial charge in [0.05, 0.1) is 11.0 Å². The Labute approximate surface area is 534 Å². The Morgan fingerprint density at radius 2 is 0.670 bits per heavy atom. The molecule has 19 rings (SSSR count). The van der Waals surface area contributed by atoms with Crippen LogP contribution in [0.4, 0.5) is 39.8 Å². The van der Waals surface area contributed by atoms with Crippen molar-refractivity contribution in [3.8, 4) is 72.4 Å². The van der Waals surface area contributed by atoms with Gasteiger partial charge in [-0.2, -0.15) is 0 Å². The van der Waals surface area contributed by atoms with E-state index < -0.39 is 0 Å². The molecule has 0 N–H and O–H groups in total. The standard InChI is InChI=1S/C84H54B2N4S/c1-5-19-55(20-6-1)59-35-43-63(44-36-59)87(64-45-37-60(38-46-64)56-21-7-2-8-22-56)67-51-73-71-28-17-29-72-74-52-68(88(65-47-39-61(40-48-65)57-23-9-3-10-24-57)66-49-41-62(42-50-66)58-25-11-4-12-26-58)54-80-82(74)85(75-31-14-16-34-79(75)91-80)90(83(71)72)86-76-32-18-30-70-69-27-13-15-33-77(69)89(84(70)76)78(53-67)81(73)86/h1-54H. The Morgan fingerprint density at radius 1 is 0.275 bits per heavy atom. The summed E-state index contributed by atoms with van der Waals surface area (Å²) in [5, 5.41) is 2.53. The summed E-state index contributed by atoms with van der Waals surface area (Å²) in [4.78, 5) is 7.51. The quantitative estimate of drug-likeness (QED) is 0.127. The SMILES string of the molecule is c1ccc(-c2ccc(N(c3ccc(-c4ccccc4)cc3)c3cc4c5c(c3)-c3cccc6c3N(B5c3ccccc3S4)B3c4c-6cc(N(c5ccc(-c6ccccc6)cc5)c5ccc(-c6ccccc6)cc5)cc4-n4c5ccccc5c5cccc3c54)cc2)cc1. The van der Waals surface area contributed by atoms with Crippen molar-refractivity contribution in [2.24, 2.45) is 0 Å². The zero-order valence-electron chi connectivity index (χ0n) is 49.5. The lowest BCUT2D eigenvalue weighted by Gasteiger charge is -2.50. The van der Waals surface area contributed by atoms with Crippen molar-refractivity contribution in [3.05, 3.63) is 328 Å². The van der Waals surface area contributed by atoms with Gasteiger partial charge in [0, 0.05) is 77.2 Å². The molecule has 1 aromatic heterocycles. The Morgan fingerprint density at radius 3 is 1.19 bits per heavy atom. The van der Waals surface area contributed by atoms with Crippen molar-refractivity contribution in [2.45, 2.75) is 9.79 Å². The van der Waals surface area contributed by atoms with Crippen molar-refractivity contribution in [2.75, 3.05) is 14.5 Å². The number of aromatic nitrogens is 1. The molecule has 0 saturated heterocycles. The molecule has 14 aromatic carbocycles. The largest absolute Gasteiger partial charge is 0.444 e. The molecule has 7 heteroatoms. The predicted molar refractivity (Wildman–Crippen MR) is 386 cm³/mol. The summed E-state index contributed by atoms with van der Waals surface area (Å²) in [6.45, 7) is -0.241. The van der Waals surface area contributed by atoms with Crippen LogP contribution in [-0.2, 0) is 0 Å². The average molecular weight is 1170 g/mol. The van der Waals surface area contributed by atoms with Crippen LogP contribution in [0.5, 0.6) is 0 Å². The number of rotatable bonds is 10. The normalized spacial score (nSPS) is 12.7. The molecule has 0 unspecified atom stereocenters. The first-order valence-electron chi connectivity index (χ1n) is 31.4. The first-order valence-corrected chi connectivity index (χ1v) is 32.3. The van der Waals surface area contributed by atoms with E-state index in [-0.39, 0.29) is 13.7 Å². The number of benzene rings is 14. The van der Waals surface area contributed by atoms with E-state index in [1.807, 2.05) is 11.8 Å². The minimum absolute atomic E-state index is 0.103. The van der Waals surface area contributed by atoms with Crippen LogP contribution in [0, 0.1) is 0 Å². The summed E-state index contributed by atoms with van der Waals surface area (Å²) >= 11 is 1.91. The summed E-state index contributed by atoms with van der Waals surface area (Å²) in [5.41, 5.74) is 31.4. The topological polar surface area (TPSA) is 14.7 Å². The number of nitrogens with zero attached hydrogens (tertiary/aromatic N) is 4. The molecule has 422 valence electrons. The summed E-state index contributed by atoms with van der Waals surface area (Å²) in [6, 6.07) is 122. The number of fused-ring (bicyclic) bond motifs is 11. The number of hydrogen-bond acceptors (Lipinski definition) is 4. The Balaban J connectivity index is 0.860. The Bertz CT molecular complexity index is 5200. The highest BCUT2D eigenvalue weighted by atomic mass is 32.2. The molecule has 0 bridgehead atoms. The fourth-order valence-electron chi connectivity index (χ4n) is 15.4. The van der Waals surface area contributed by atoms with Gasteiger partial charge in [-0.05, 0) is 162 Å². The molecule has 91 heavy (non-hydrogen) atoms. The molecule has 4 aliphatic rings. The van der Waals surface area contributed by atoms with E-state index in [2.05, 4.69) is 347 Å². The maximum atomic E-state index is 2.86. The smallest absolute Gasteiger partial charge is 0.316 e. The van der Waals surface area contributed by atoms with Crippen LogP contribution in [-0.4, -0.2) is 18.3 Å². The second-order valence-corrected chi connectivity index (χ2v) is 25.4. The third-order valence-electron chi connectivity index (χ3n) is 19.4. The van der Waals surface area contributed by atoms with E-state index >= 15 is 0 Å². The second kappa shape index (κ2) is 20.7. The molecule has 0 aliphatic carbocycles. The molecule has 4 nitrogen and oxygen atoms in total. The molecule has 0 radical (unpaired) electrons. The predicted octanol–water partition coefficient (Wildman–Crippen LogP) is 19.5. The van der Waals surface area contributed by atoms with E-state index in [9.17, 15) is 0 Å². The third-order valence-corrected chi connectivity index (χ3v) is 20.5.